The summed E-state index contributed by atoms with van der Waals surface area (Å²) in [5.41, 5.74) is 1.25. The Morgan fingerprint density at radius 2 is 1.79 bits per heavy atom. The Balaban J connectivity index is 1.59. The predicted molar refractivity (Wildman–Crippen MR) is 122 cm³/mol. The third-order valence-electron chi connectivity index (χ3n) is 5.56. The Labute approximate surface area is 190 Å². The quantitative estimate of drug-likeness (QED) is 0.437. The van der Waals surface area contributed by atoms with Crippen molar-refractivity contribution in [1.82, 2.24) is 9.47 Å². The summed E-state index contributed by atoms with van der Waals surface area (Å²) < 4.78 is 17.5. The highest BCUT2D eigenvalue weighted by Gasteiger charge is 2.24. The number of para-hydroxylation sites is 1. The van der Waals surface area contributed by atoms with Crippen molar-refractivity contribution in [2.24, 2.45) is 0 Å². The minimum atomic E-state index is -0.816. The molecule has 33 heavy (non-hydrogen) atoms. The number of methoxy groups -OCH3 is 2. The number of nitrogens with one attached hydrogen (secondary N) is 1. The number of amides is 2. The molecule has 3 aromatic rings. The predicted octanol–water partition coefficient (Wildman–Crippen LogP) is 2.34. The third-order valence-corrected chi connectivity index (χ3v) is 5.56. The number of anilines is 1. The van der Waals surface area contributed by atoms with Gasteiger partial charge in [0.15, 0.2) is 0 Å². The molecule has 0 radical (unpaired) electrons. The van der Waals surface area contributed by atoms with Crippen molar-refractivity contribution >= 4 is 34.2 Å². The number of nitrogens with zero attached hydrogens (tertiary/aromatic N) is 2. The standard InChI is InChI=1S/C24H25N3O6/c1-31-16-7-8-21(32-2)19(13-16)25-24(30)23(29)18-14-27(20-6-4-3-5-17(18)20)15-22(28)26-9-11-33-12-10-26/h3-8,13-14H,9-12,15H2,1-2H3,(H,25,30). The van der Waals surface area contributed by atoms with Gasteiger partial charge in [-0.1, -0.05) is 18.2 Å². The molecule has 0 saturated carbocycles. The Morgan fingerprint density at radius 1 is 1.03 bits per heavy atom. The molecule has 1 aliphatic heterocycles. The van der Waals surface area contributed by atoms with Crippen molar-refractivity contribution in [3.05, 3.63) is 54.2 Å². The zero-order chi connectivity index (χ0) is 23.4. The van der Waals surface area contributed by atoms with Gasteiger partial charge in [0, 0.05) is 36.3 Å². The van der Waals surface area contributed by atoms with E-state index in [9.17, 15) is 14.4 Å². The molecule has 0 atom stereocenters. The average molecular weight is 451 g/mol. The minimum absolute atomic E-state index is 0.0661. The van der Waals surface area contributed by atoms with Gasteiger partial charge in [-0.25, -0.2) is 0 Å². The van der Waals surface area contributed by atoms with E-state index in [4.69, 9.17) is 14.2 Å². The van der Waals surface area contributed by atoms with Crippen LogP contribution in [-0.4, -0.2) is 67.6 Å². The van der Waals surface area contributed by atoms with E-state index in [1.165, 1.54) is 14.2 Å². The van der Waals surface area contributed by atoms with Crippen molar-refractivity contribution in [2.75, 3.05) is 45.8 Å². The van der Waals surface area contributed by atoms with E-state index in [1.807, 2.05) is 12.1 Å². The molecule has 1 aromatic heterocycles. The number of carbonyl (C=O) groups is 3. The molecule has 2 heterocycles. The number of hydrogen-bond donors (Lipinski definition) is 1. The van der Waals surface area contributed by atoms with Crippen LogP contribution in [-0.2, 0) is 20.9 Å². The smallest absolute Gasteiger partial charge is 0.296 e. The van der Waals surface area contributed by atoms with Crippen LogP contribution in [0.3, 0.4) is 0 Å². The van der Waals surface area contributed by atoms with Gasteiger partial charge in [-0.3, -0.25) is 14.4 Å². The van der Waals surface area contributed by atoms with E-state index < -0.39 is 11.7 Å². The van der Waals surface area contributed by atoms with Gasteiger partial charge in [-0.05, 0) is 18.2 Å². The van der Waals surface area contributed by atoms with Crippen LogP contribution in [0.5, 0.6) is 11.5 Å². The average Bonchev–Trinajstić information content (AvgIpc) is 3.22. The molecule has 1 fully saturated rings. The maximum Gasteiger partial charge on any atom is 0.296 e. The van der Waals surface area contributed by atoms with Crippen LogP contribution < -0.4 is 14.8 Å². The fraction of sp³-hybridized carbons (Fsp3) is 0.292. The van der Waals surface area contributed by atoms with Crippen LogP contribution in [0.2, 0.25) is 0 Å². The molecule has 172 valence electrons. The molecule has 2 aromatic carbocycles. The van der Waals surface area contributed by atoms with E-state index in [1.54, 1.807) is 46.0 Å². The summed E-state index contributed by atoms with van der Waals surface area (Å²) in [5.74, 6) is -0.687. The van der Waals surface area contributed by atoms with Crippen molar-refractivity contribution in [1.29, 1.82) is 0 Å². The number of ether oxygens (including phenoxy) is 3. The summed E-state index contributed by atoms with van der Waals surface area (Å²) in [5, 5.41) is 3.21. The first-order valence-electron chi connectivity index (χ1n) is 10.5. The number of benzene rings is 2. The summed E-state index contributed by atoms with van der Waals surface area (Å²) in [7, 11) is 2.98. The van der Waals surface area contributed by atoms with Gasteiger partial charge in [-0.2, -0.15) is 0 Å². The molecule has 1 N–H and O–H groups in total. The molecule has 9 nitrogen and oxygen atoms in total. The van der Waals surface area contributed by atoms with Gasteiger partial charge >= 0.3 is 0 Å². The van der Waals surface area contributed by atoms with Crippen LogP contribution >= 0.6 is 0 Å². The fourth-order valence-corrected chi connectivity index (χ4v) is 3.83. The summed E-state index contributed by atoms with van der Waals surface area (Å²) in [6.07, 6.45) is 1.56. The Bertz CT molecular complexity index is 1200. The Kier molecular flexibility index (Phi) is 6.60. The second-order valence-electron chi connectivity index (χ2n) is 7.53. The number of hydrogen-bond acceptors (Lipinski definition) is 6. The molecule has 0 unspecified atom stereocenters. The lowest BCUT2D eigenvalue weighted by molar-refractivity contribution is -0.135. The number of aromatic nitrogens is 1. The van der Waals surface area contributed by atoms with Gasteiger partial charge in [0.25, 0.3) is 11.7 Å². The highest BCUT2D eigenvalue weighted by molar-refractivity contribution is 6.48. The number of fused-ring (bicyclic) bond motifs is 1. The Morgan fingerprint density at radius 3 is 2.52 bits per heavy atom. The molecule has 0 bridgehead atoms. The maximum absolute atomic E-state index is 13.1. The number of carbonyl (C=O) groups excluding carboxylic acids is 3. The van der Waals surface area contributed by atoms with Crippen LogP contribution in [0.4, 0.5) is 5.69 Å². The molecule has 2 amide bonds. The maximum atomic E-state index is 13.1. The number of morpholine rings is 1. The van der Waals surface area contributed by atoms with Crippen molar-refractivity contribution < 1.29 is 28.6 Å². The van der Waals surface area contributed by atoms with E-state index in [0.717, 1.165) is 0 Å². The zero-order valence-corrected chi connectivity index (χ0v) is 18.5. The summed E-state index contributed by atoms with van der Waals surface area (Å²) >= 11 is 0. The molecular formula is C24H25N3O6. The topological polar surface area (TPSA) is 99.1 Å². The molecular weight excluding hydrogens is 426 g/mol. The van der Waals surface area contributed by atoms with Crippen LogP contribution in [0.1, 0.15) is 10.4 Å². The lowest BCUT2D eigenvalue weighted by Gasteiger charge is -2.27. The summed E-state index contributed by atoms with van der Waals surface area (Å²) in [6.45, 7) is 2.16. The van der Waals surface area contributed by atoms with Crippen LogP contribution in [0.25, 0.3) is 10.9 Å². The Hall–Kier alpha value is -3.85. The van der Waals surface area contributed by atoms with Crippen LogP contribution in [0, 0.1) is 0 Å². The van der Waals surface area contributed by atoms with Gasteiger partial charge in [0.2, 0.25) is 5.91 Å². The first-order valence-corrected chi connectivity index (χ1v) is 10.5. The van der Waals surface area contributed by atoms with Crippen molar-refractivity contribution in [3.8, 4) is 11.5 Å². The van der Waals surface area contributed by atoms with E-state index >= 15 is 0 Å². The van der Waals surface area contributed by atoms with Crippen LogP contribution in [0.15, 0.2) is 48.7 Å². The highest BCUT2D eigenvalue weighted by atomic mass is 16.5. The number of rotatable bonds is 7. The van der Waals surface area contributed by atoms with E-state index in [2.05, 4.69) is 5.32 Å². The first-order chi connectivity index (χ1) is 16.0. The molecule has 1 aliphatic rings. The second kappa shape index (κ2) is 9.74. The zero-order valence-electron chi connectivity index (χ0n) is 18.5. The number of Topliss-reactive ketones (excluding diaryl/α,β-unsaturated/α-hetero) is 1. The molecule has 0 spiro atoms. The lowest BCUT2D eigenvalue weighted by Crippen LogP contribution is -2.42. The lowest BCUT2D eigenvalue weighted by atomic mass is 10.1. The first kappa shape index (κ1) is 22.3. The molecule has 1 saturated heterocycles. The number of ketones is 1. The molecule has 4 rings (SSSR count). The van der Waals surface area contributed by atoms with E-state index in [0.29, 0.717) is 54.4 Å². The monoisotopic (exact) mass is 451 g/mol. The van der Waals surface area contributed by atoms with Gasteiger partial charge in [0.05, 0.1) is 38.7 Å². The third kappa shape index (κ3) is 4.68. The van der Waals surface area contributed by atoms with Gasteiger partial charge in [-0.15, -0.1) is 0 Å². The molecule has 9 heteroatoms. The summed E-state index contributed by atoms with van der Waals surface area (Å²) in [4.78, 5) is 40.4. The van der Waals surface area contributed by atoms with Crippen molar-refractivity contribution in [3.63, 3.8) is 0 Å². The largest absolute Gasteiger partial charge is 0.497 e. The summed E-state index contributed by atoms with van der Waals surface area (Å²) in [6, 6.07) is 12.1. The normalized spacial score (nSPS) is 13.6. The SMILES string of the molecule is COc1ccc(OC)c(NC(=O)C(=O)c2cn(CC(=O)N3CCOCC3)c3ccccc23)c1. The van der Waals surface area contributed by atoms with Gasteiger partial charge in [0.1, 0.15) is 18.0 Å². The van der Waals surface area contributed by atoms with Gasteiger partial charge < -0.3 is 29.0 Å². The fourth-order valence-electron chi connectivity index (χ4n) is 3.83. The van der Waals surface area contributed by atoms with E-state index in [-0.39, 0.29) is 18.0 Å². The molecule has 0 aliphatic carbocycles. The minimum Gasteiger partial charge on any atom is -0.497 e. The highest BCUT2D eigenvalue weighted by Crippen LogP contribution is 2.29. The second-order valence-corrected chi connectivity index (χ2v) is 7.53. The van der Waals surface area contributed by atoms with Crippen molar-refractivity contribution in [2.45, 2.75) is 6.54 Å².